The van der Waals surface area contributed by atoms with Crippen LogP contribution in [0.3, 0.4) is 0 Å². The van der Waals surface area contributed by atoms with Crippen molar-refractivity contribution >= 4 is 17.7 Å². The molecule has 0 saturated carbocycles. The molecule has 0 fully saturated rings. The first-order chi connectivity index (χ1) is 10.6. The van der Waals surface area contributed by atoms with Gasteiger partial charge in [-0.15, -0.1) is 11.8 Å². The van der Waals surface area contributed by atoms with Gasteiger partial charge in [-0.25, -0.2) is 4.98 Å². The summed E-state index contributed by atoms with van der Waals surface area (Å²) in [5, 5.41) is 0. The van der Waals surface area contributed by atoms with E-state index >= 15 is 0 Å². The number of carbonyl (C=O) groups is 1. The Hall–Kier alpha value is -1.89. The van der Waals surface area contributed by atoms with E-state index in [0.717, 1.165) is 9.46 Å². The van der Waals surface area contributed by atoms with Crippen LogP contribution in [0.4, 0.5) is 8.78 Å². The third-order valence-electron chi connectivity index (χ3n) is 3.09. The van der Waals surface area contributed by atoms with Gasteiger partial charge in [-0.3, -0.25) is 9.36 Å². The maximum absolute atomic E-state index is 12.7. The van der Waals surface area contributed by atoms with E-state index < -0.39 is 6.55 Å². The van der Waals surface area contributed by atoms with Gasteiger partial charge in [-0.1, -0.05) is 18.2 Å². The summed E-state index contributed by atoms with van der Waals surface area (Å²) in [6.45, 7) is -2.57. The molecule has 7 heteroatoms. The largest absolute Gasteiger partial charge is 0.338 e. The second-order valence-corrected chi connectivity index (χ2v) is 5.86. The molecule has 118 valence electrons. The molecule has 0 saturated heterocycles. The lowest BCUT2D eigenvalue weighted by Crippen LogP contribution is -2.28. The standard InChI is InChI=1S/C15H17F2N3OS/c1-19(11-13-18-8-9-20(13)15(16)17)14(21)7-10-22-12-5-3-2-4-6-12/h2-6,8-9,15H,7,10-11H2,1H3. The summed E-state index contributed by atoms with van der Waals surface area (Å²) >= 11 is 1.59. The van der Waals surface area contributed by atoms with Gasteiger partial charge in [0.05, 0.1) is 6.54 Å². The molecule has 1 aromatic carbocycles. The number of carbonyl (C=O) groups excluding carboxylic acids is 1. The van der Waals surface area contributed by atoms with Crippen LogP contribution in [0.25, 0.3) is 0 Å². The first kappa shape index (κ1) is 16.5. The summed E-state index contributed by atoms with van der Waals surface area (Å²) in [7, 11) is 1.60. The molecule has 0 aliphatic heterocycles. The highest BCUT2D eigenvalue weighted by Gasteiger charge is 2.16. The number of benzene rings is 1. The maximum atomic E-state index is 12.7. The summed E-state index contributed by atoms with van der Waals surface area (Å²) in [6.07, 6.45) is 2.88. The Bertz CT molecular complexity index is 604. The predicted octanol–water partition coefficient (Wildman–Crippen LogP) is 3.42. The Morgan fingerprint density at radius 1 is 1.36 bits per heavy atom. The number of aromatic nitrogens is 2. The number of imidazole rings is 1. The topological polar surface area (TPSA) is 38.1 Å². The van der Waals surface area contributed by atoms with Crippen LogP contribution in [0, 0.1) is 0 Å². The van der Waals surface area contributed by atoms with E-state index in [2.05, 4.69) is 4.98 Å². The van der Waals surface area contributed by atoms with Gasteiger partial charge in [-0.2, -0.15) is 8.78 Å². The Kier molecular flexibility index (Phi) is 5.94. The predicted molar refractivity (Wildman–Crippen MR) is 81.7 cm³/mol. The molecule has 0 spiro atoms. The van der Waals surface area contributed by atoms with Crippen LogP contribution in [0.5, 0.6) is 0 Å². The van der Waals surface area contributed by atoms with Crippen molar-refractivity contribution in [2.75, 3.05) is 12.8 Å². The maximum Gasteiger partial charge on any atom is 0.319 e. The van der Waals surface area contributed by atoms with E-state index in [1.165, 1.54) is 17.3 Å². The minimum atomic E-state index is -2.64. The molecule has 0 radical (unpaired) electrons. The monoisotopic (exact) mass is 325 g/mol. The molecule has 2 rings (SSSR count). The normalized spacial score (nSPS) is 10.9. The van der Waals surface area contributed by atoms with Crippen molar-refractivity contribution in [2.45, 2.75) is 24.4 Å². The van der Waals surface area contributed by atoms with Gasteiger partial charge < -0.3 is 4.90 Å². The molecule has 0 bridgehead atoms. The summed E-state index contributed by atoms with van der Waals surface area (Å²) in [6, 6.07) is 9.80. The average Bonchev–Trinajstić information content (AvgIpc) is 2.96. The van der Waals surface area contributed by atoms with Crippen LogP contribution in [-0.2, 0) is 11.3 Å². The molecule has 22 heavy (non-hydrogen) atoms. The molecule has 1 heterocycles. The third-order valence-corrected chi connectivity index (χ3v) is 4.11. The molecule has 0 atom stereocenters. The summed E-state index contributed by atoms with van der Waals surface area (Å²) in [4.78, 5) is 18.4. The molecule has 0 N–H and O–H groups in total. The highest BCUT2D eigenvalue weighted by atomic mass is 32.2. The van der Waals surface area contributed by atoms with Crippen molar-refractivity contribution in [3.8, 4) is 0 Å². The van der Waals surface area contributed by atoms with Crippen LogP contribution >= 0.6 is 11.8 Å². The van der Waals surface area contributed by atoms with Gasteiger partial charge in [0.15, 0.2) is 0 Å². The number of rotatable bonds is 7. The first-order valence-electron chi connectivity index (χ1n) is 6.79. The van der Waals surface area contributed by atoms with Crippen LogP contribution < -0.4 is 0 Å². The van der Waals surface area contributed by atoms with Gasteiger partial charge in [0.2, 0.25) is 5.91 Å². The van der Waals surface area contributed by atoms with E-state index in [1.54, 1.807) is 18.8 Å². The summed E-state index contributed by atoms with van der Waals surface area (Å²) in [5.74, 6) is 0.741. The Balaban J connectivity index is 1.81. The second kappa shape index (κ2) is 7.93. The smallest absolute Gasteiger partial charge is 0.319 e. The van der Waals surface area contributed by atoms with Crippen LogP contribution in [-0.4, -0.2) is 33.2 Å². The number of nitrogens with zero attached hydrogens (tertiary/aromatic N) is 3. The zero-order valence-corrected chi connectivity index (χ0v) is 13.0. The molecular formula is C15H17F2N3OS. The van der Waals surface area contributed by atoms with Crippen LogP contribution in [0.15, 0.2) is 47.6 Å². The summed E-state index contributed by atoms with van der Waals surface area (Å²) < 4.78 is 26.2. The van der Waals surface area contributed by atoms with Gasteiger partial charge in [0, 0.05) is 36.5 Å². The zero-order valence-electron chi connectivity index (χ0n) is 12.2. The molecule has 4 nitrogen and oxygen atoms in total. The van der Waals surface area contributed by atoms with Crippen molar-refractivity contribution in [2.24, 2.45) is 0 Å². The van der Waals surface area contributed by atoms with E-state index in [1.807, 2.05) is 30.3 Å². The number of halogens is 2. The Labute approximate surface area is 132 Å². The lowest BCUT2D eigenvalue weighted by atomic mass is 10.4. The quantitative estimate of drug-likeness (QED) is 0.732. The Morgan fingerprint density at radius 2 is 2.09 bits per heavy atom. The molecule has 0 aliphatic carbocycles. The summed E-state index contributed by atoms with van der Waals surface area (Å²) in [5.41, 5.74) is 0. The third kappa shape index (κ3) is 4.56. The minimum Gasteiger partial charge on any atom is -0.338 e. The van der Waals surface area contributed by atoms with Crippen LogP contribution in [0.1, 0.15) is 18.8 Å². The lowest BCUT2D eigenvalue weighted by molar-refractivity contribution is -0.130. The fraction of sp³-hybridized carbons (Fsp3) is 0.333. The van der Waals surface area contributed by atoms with Crippen molar-refractivity contribution in [3.63, 3.8) is 0 Å². The van der Waals surface area contributed by atoms with E-state index in [0.29, 0.717) is 12.2 Å². The molecule has 1 amide bonds. The number of alkyl halides is 2. The zero-order chi connectivity index (χ0) is 15.9. The Morgan fingerprint density at radius 3 is 2.77 bits per heavy atom. The number of amides is 1. The van der Waals surface area contributed by atoms with Gasteiger partial charge >= 0.3 is 6.55 Å². The molecule has 1 aromatic heterocycles. The molecule has 0 unspecified atom stereocenters. The van der Waals surface area contributed by atoms with Gasteiger partial charge in [-0.05, 0) is 12.1 Å². The fourth-order valence-electron chi connectivity index (χ4n) is 1.91. The van der Waals surface area contributed by atoms with Gasteiger partial charge in [0.1, 0.15) is 5.82 Å². The van der Waals surface area contributed by atoms with E-state index in [9.17, 15) is 13.6 Å². The lowest BCUT2D eigenvalue weighted by Gasteiger charge is -2.17. The van der Waals surface area contributed by atoms with Crippen molar-refractivity contribution in [3.05, 3.63) is 48.5 Å². The van der Waals surface area contributed by atoms with Crippen molar-refractivity contribution in [1.82, 2.24) is 14.5 Å². The van der Waals surface area contributed by atoms with Gasteiger partial charge in [0.25, 0.3) is 0 Å². The highest BCUT2D eigenvalue weighted by Crippen LogP contribution is 2.18. The number of thioether (sulfide) groups is 1. The number of hydrogen-bond acceptors (Lipinski definition) is 3. The van der Waals surface area contributed by atoms with Crippen molar-refractivity contribution in [1.29, 1.82) is 0 Å². The van der Waals surface area contributed by atoms with Crippen LogP contribution in [0.2, 0.25) is 0 Å². The fourth-order valence-corrected chi connectivity index (χ4v) is 2.77. The average molecular weight is 325 g/mol. The van der Waals surface area contributed by atoms with E-state index in [4.69, 9.17) is 0 Å². The van der Waals surface area contributed by atoms with Crippen molar-refractivity contribution < 1.29 is 13.6 Å². The molecule has 2 aromatic rings. The second-order valence-electron chi connectivity index (χ2n) is 4.69. The molecular weight excluding hydrogens is 308 g/mol. The SMILES string of the molecule is CN(Cc1nccn1C(F)F)C(=O)CCSc1ccccc1. The molecule has 0 aliphatic rings. The minimum absolute atomic E-state index is 0.0756. The van der Waals surface area contributed by atoms with E-state index in [-0.39, 0.29) is 18.3 Å². The first-order valence-corrected chi connectivity index (χ1v) is 7.78. The number of hydrogen-bond donors (Lipinski definition) is 0. The highest BCUT2D eigenvalue weighted by molar-refractivity contribution is 7.99.